The first-order valence-electron chi connectivity index (χ1n) is 4.56. The van der Waals surface area contributed by atoms with Gasteiger partial charge in [0.2, 0.25) is 0 Å². The first kappa shape index (κ1) is 12.3. The van der Waals surface area contributed by atoms with Crippen molar-refractivity contribution in [3.05, 3.63) is 27.4 Å². The zero-order chi connectivity index (χ0) is 12.0. The second kappa shape index (κ2) is 5.96. The quantitative estimate of drug-likeness (QED) is 0.448. The summed E-state index contributed by atoms with van der Waals surface area (Å²) in [6, 6.07) is 0. The molecule has 0 aliphatic heterocycles. The van der Waals surface area contributed by atoms with Crippen LogP contribution in [-0.2, 0) is 9.53 Å². The zero-order valence-corrected chi connectivity index (χ0v) is 9.40. The third-order valence-electron chi connectivity index (χ3n) is 1.54. The smallest absolute Gasteiger partial charge is 0.344 e. The summed E-state index contributed by atoms with van der Waals surface area (Å²) in [4.78, 5) is 24.6. The highest BCUT2D eigenvalue weighted by Gasteiger charge is 2.09. The fourth-order valence-corrected chi connectivity index (χ4v) is 1.58. The minimum atomic E-state index is -0.500. The van der Waals surface area contributed by atoms with E-state index in [-0.39, 0.29) is 17.4 Å². The minimum Gasteiger partial charge on any atom is -0.466 e. The summed E-state index contributed by atoms with van der Waals surface area (Å²) < 4.78 is 4.71. The van der Waals surface area contributed by atoms with E-state index < -0.39 is 4.92 Å². The number of hydrogen-bond acceptors (Lipinski definition) is 6. The molecule has 0 fully saturated rings. The zero-order valence-electron chi connectivity index (χ0n) is 8.58. The number of nitrogens with zero attached hydrogens (tertiary/aromatic N) is 2. The molecule has 1 rings (SSSR count). The Balaban J connectivity index is 2.50. The molecule has 1 aromatic rings. The summed E-state index contributed by atoms with van der Waals surface area (Å²) in [6.45, 7) is 2.07. The largest absolute Gasteiger partial charge is 0.466 e. The molecule has 7 heteroatoms. The first-order chi connectivity index (χ1) is 7.63. The van der Waals surface area contributed by atoms with E-state index in [0.29, 0.717) is 11.6 Å². The van der Waals surface area contributed by atoms with E-state index in [2.05, 4.69) is 4.98 Å². The van der Waals surface area contributed by atoms with Gasteiger partial charge in [0.15, 0.2) is 0 Å². The lowest BCUT2D eigenvalue weighted by Gasteiger charge is -1.95. The van der Waals surface area contributed by atoms with E-state index in [9.17, 15) is 14.9 Å². The van der Waals surface area contributed by atoms with Crippen molar-refractivity contribution in [1.29, 1.82) is 0 Å². The third-order valence-corrected chi connectivity index (χ3v) is 2.46. The molecule has 0 radical (unpaired) electrons. The van der Waals surface area contributed by atoms with Crippen LogP contribution in [0.25, 0.3) is 6.08 Å². The molecular weight excluding hydrogens is 232 g/mol. The van der Waals surface area contributed by atoms with Gasteiger partial charge >= 0.3 is 11.0 Å². The Kier molecular flexibility index (Phi) is 4.59. The van der Waals surface area contributed by atoms with Gasteiger partial charge in [0.25, 0.3) is 0 Å². The van der Waals surface area contributed by atoms with Gasteiger partial charge in [0.1, 0.15) is 11.2 Å². The molecule has 16 heavy (non-hydrogen) atoms. The first-order valence-corrected chi connectivity index (χ1v) is 5.37. The minimum absolute atomic E-state index is 0.0178. The van der Waals surface area contributed by atoms with Gasteiger partial charge in [-0.1, -0.05) is 6.08 Å². The highest BCUT2D eigenvalue weighted by atomic mass is 32.1. The van der Waals surface area contributed by atoms with E-state index in [1.165, 1.54) is 6.20 Å². The van der Waals surface area contributed by atoms with Crippen LogP contribution in [0.3, 0.4) is 0 Å². The van der Waals surface area contributed by atoms with Gasteiger partial charge in [-0.3, -0.25) is 14.9 Å². The summed E-state index contributed by atoms with van der Waals surface area (Å²) in [6.07, 6.45) is 4.46. The monoisotopic (exact) mass is 242 g/mol. The van der Waals surface area contributed by atoms with Gasteiger partial charge in [0.05, 0.1) is 18.0 Å². The average Bonchev–Trinajstić information content (AvgIpc) is 2.67. The predicted molar refractivity (Wildman–Crippen MR) is 59.1 cm³/mol. The van der Waals surface area contributed by atoms with E-state index in [1.54, 1.807) is 19.1 Å². The van der Waals surface area contributed by atoms with Crippen molar-refractivity contribution < 1.29 is 14.5 Å². The second-order valence-electron chi connectivity index (χ2n) is 2.71. The van der Waals surface area contributed by atoms with Crippen molar-refractivity contribution in [2.45, 2.75) is 13.3 Å². The summed E-state index contributed by atoms with van der Waals surface area (Å²) in [5.74, 6) is -0.329. The molecule has 0 unspecified atom stereocenters. The Morgan fingerprint density at radius 3 is 3.06 bits per heavy atom. The molecule has 1 aromatic heterocycles. The topological polar surface area (TPSA) is 82.3 Å². The number of carbonyl (C=O) groups excluding carboxylic acids is 1. The SMILES string of the molecule is CCOC(=O)CC=Cc1ncc([N+](=O)[O-])s1. The van der Waals surface area contributed by atoms with Crippen LogP contribution in [0.2, 0.25) is 0 Å². The van der Waals surface area contributed by atoms with Crippen molar-refractivity contribution >= 4 is 28.4 Å². The molecule has 86 valence electrons. The molecular formula is C9H10N2O4S. The highest BCUT2D eigenvalue weighted by molar-refractivity contribution is 7.15. The van der Waals surface area contributed by atoms with Crippen molar-refractivity contribution in [3.8, 4) is 0 Å². The Morgan fingerprint density at radius 2 is 2.50 bits per heavy atom. The van der Waals surface area contributed by atoms with Gasteiger partial charge in [-0.15, -0.1) is 0 Å². The van der Waals surface area contributed by atoms with Crippen LogP contribution in [0, 0.1) is 10.1 Å². The maximum Gasteiger partial charge on any atom is 0.344 e. The fraction of sp³-hybridized carbons (Fsp3) is 0.333. The second-order valence-corrected chi connectivity index (χ2v) is 3.75. The maximum absolute atomic E-state index is 10.9. The van der Waals surface area contributed by atoms with Crippen molar-refractivity contribution in [1.82, 2.24) is 4.98 Å². The Hall–Kier alpha value is -1.76. The molecule has 0 spiro atoms. The van der Waals surface area contributed by atoms with Gasteiger partial charge in [-0.2, -0.15) is 0 Å². The Labute approximate surface area is 95.7 Å². The van der Waals surface area contributed by atoms with E-state index in [1.807, 2.05) is 0 Å². The number of hydrogen-bond donors (Lipinski definition) is 0. The molecule has 0 aromatic carbocycles. The van der Waals surface area contributed by atoms with Gasteiger partial charge in [-0.05, 0) is 24.3 Å². The molecule has 1 heterocycles. The molecule has 0 bridgehead atoms. The van der Waals surface area contributed by atoms with Crippen molar-refractivity contribution in [2.24, 2.45) is 0 Å². The van der Waals surface area contributed by atoms with Crippen LogP contribution in [-0.4, -0.2) is 22.5 Å². The molecule has 0 aliphatic rings. The van der Waals surface area contributed by atoms with Crippen LogP contribution < -0.4 is 0 Å². The normalized spacial score (nSPS) is 10.6. The standard InChI is InChI=1S/C9H10N2O4S/c1-2-15-9(12)5-3-4-7-10-6-8(16-7)11(13)14/h3-4,6H,2,5H2,1H3. The molecule has 0 saturated carbocycles. The van der Waals surface area contributed by atoms with Crippen LogP contribution in [0.15, 0.2) is 12.3 Å². The van der Waals surface area contributed by atoms with Gasteiger partial charge in [-0.25, -0.2) is 4.98 Å². The Bertz CT molecular complexity index is 413. The molecule has 0 saturated heterocycles. The summed E-state index contributed by atoms with van der Waals surface area (Å²) in [5.41, 5.74) is 0. The van der Waals surface area contributed by atoms with Crippen molar-refractivity contribution in [2.75, 3.05) is 6.61 Å². The number of nitro groups is 1. The van der Waals surface area contributed by atoms with Gasteiger partial charge < -0.3 is 4.74 Å². The highest BCUT2D eigenvalue weighted by Crippen LogP contribution is 2.21. The van der Waals surface area contributed by atoms with Crippen LogP contribution in [0.5, 0.6) is 0 Å². The Morgan fingerprint density at radius 1 is 1.75 bits per heavy atom. The van der Waals surface area contributed by atoms with Gasteiger partial charge in [0, 0.05) is 0 Å². The van der Waals surface area contributed by atoms with Crippen LogP contribution >= 0.6 is 11.3 Å². The molecule has 0 N–H and O–H groups in total. The number of ether oxygens (including phenoxy) is 1. The third kappa shape index (κ3) is 3.77. The van der Waals surface area contributed by atoms with E-state index in [0.717, 1.165) is 11.3 Å². The van der Waals surface area contributed by atoms with E-state index >= 15 is 0 Å². The molecule has 0 atom stereocenters. The lowest BCUT2D eigenvalue weighted by molar-refractivity contribution is -0.380. The number of rotatable bonds is 5. The molecule has 0 aliphatic carbocycles. The number of aromatic nitrogens is 1. The number of carbonyl (C=O) groups is 1. The number of thiazole rings is 1. The lowest BCUT2D eigenvalue weighted by Crippen LogP contribution is -2.01. The maximum atomic E-state index is 10.9. The lowest BCUT2D eigenvalue weighted by atomic mass is 10.4. The molecule has 0 amide bonds. The van der Waals surface area contributed by atoms with E-state index in [4.69, 9.17) is 4.74 Å². The fourth-order valence-electron chi connectivity index (χ4n) is 0.916. The van der Waals surface area contributed by atoms with Crippen molar-refractivity contribution in [3.63, 3.8) is 0 Å². The summed E-state index contributed by atoms with van der Waals surface area (Å²) in [5, 5.41) is 10.8. The number of esters is 1. The average molecular weight is 242 g/mol. The molecule has 6 nitrogen and oxygen atoms in total. The van der Waals surface area contributed by atoms with Crippen LogP contribution in [0.4, 0.5) is 5.00 Å². The summed E-state index contributed by atoms with van der Waals surface area (Å²) >= 11 is 0.957. The predicted octanol–water partition coefficient (Wildman–Crippen LogP) is 2.02. The van der Waals surface area contributed by atoms with Crippen LogP contribution in [0.1, 0.15) is 18.4 Å². The summed E-state index contributed by atoms with van der Waals surface area (Å²) in [7, 11) is 0.